The first kappa shape index (κ1) is 30.6. The zero-order valence-corrected chi connectivity index (χ0v) is 22.6. The predicted octanol–water partition coefficient (Wildman–Crippen LogP) is 1.41. The van der Waals surface area contributed by atoms with E-state index in [-0.39, 0.29) is 5.75 Å². The number of nitrogen functional groups attached to an aromatic ring is 1. The highest BCUT2D eigenvalue weighted by atomic mass is 31.2. The first-order valence-electron chi connectivity index (χ1n) is 11.9. The van der Waals surface area contributed by atoms with E-state index in [1.807, 2.05) is 0 Å². The third-order valence-electron chi connectivity index (χ3n) is 5.82. The molecule has 1 saturated heterocycles. The molecule has 16 heteroatoms. The normalized spacial score (nSPS) is 26.1. The number of nitrogens with two attached hydrogens (primary N) is 2. The molecule has 1 aliphatic heterocycles. The zero-order valence-electron chi connectivity index (χ0n) is 21.7. The molecule has 13 nitrogen and oxygen atoms in total. The number of hydrogen-bond donors (Lipinski definition) is 4. The number of carbonyl (C=O) groups is 1. The quantitative estimate of drug-likeness (QED) is 0.223. The van der Waals surface area contributed by atoms with Crippen molar-refractivity contribution < 1.29 is 41.8 Å². The van der Waals surface area contributed by atoms with Gasteiger partial charge in [-0.3, -0.25) is 13.9 Å². The molecule has 39 heavy (non-hydrogen) atoms. The van der Waals surface area contributed by atoms with Gasteiger partial charge in [0.1, 0.15) is 36.2 Å². The van der Waals surface area contributed by atoms with Crippen LogP contribution in [0.25, 0.3) is 0 Å². The maximum atomic E-state index is 14.2. The van der Waals surface area contributed by atoms with Gasteiger partial charge in [0.15, 0.2) is 17.9 Å². The lowest BCUT2D eigenvalue weighted by Gasteiger charge is -2.31. The van der Waals surface area contributed by atoms with Gasteiger partial charge in [0.25, 0.3) is 0 Å². The fourth-order valence-electron chi connectivity index (χ4n) is 3.87. The number of alkyl halides is 1. The summed E-state index contributed by atoms with van der Waals surface area (Å²) in [6.45, 7) is 4.56. The third-order valence-corrected chi connectivity index (χ3v) is 7.58. The van der Waals surface area contributed by atoms with Crippen molar-refractivity contribution in [3.05, 3.63) is 52.8 Å². The molecule has 7 atom stereocenters. The van der Waals surface area contributed by atoms with Crippen LogP contribution in [0.4, 0.5) is 14.6 Å². The molecule has 0 bridgehead atoms. The molecule has 1 aromatic carbocycles. The Bertz CT molecular complexity index is 1270. The maximum absolute atomic E-state index is 14.2. The van der Waals surface area contributed by atoms with Gasteiger partial charge in [-0.1, -0.05) is 18.2 Å². The molecule has 0 aliphatic carbocycles. The van der Waals surface area contributed by atoms with Gasteiger partial charge < -0.3 is 30.6 Å². The van der Waals surface area contributed by atoms with Gasteiger partial charge in [-0.15, -0.1) is 0 Å². The summed E-state index contributed by atoms with van der Waals surface area (Å²) < 4.78 is 64.8. The minimum atomic E-state index is -4.43. The van der Waals surface area contributed by atoms with Crippen molar-refractivity contribution in [3.63, 3.8) is 0 Å². The van der Waals surface area contributed by atoms with Crippen molar-refractivity contribution in [1.82, 2.24) is 14.6 Å². The fourth-order valence-corrected chi connectivity index (χ4v) is 5.56. The van der Waals surface area contributed by atoms with E-state index in [4.69, 9.17) is 30.0 Å². The van der Waals surface area contributed by atoms with Gasteiger partial charge in [0, 0.05) is 0 Å². The van der Waals surface area contributed by atoms with Gasteiger partial charge in [-0.2, -0.15) is 10.1 Å². The van der Waals surface area contributed by atoms with E-state index in [1.165, 1.54) is 26.0 Å². The number of nitrogens with one attached hydrogen (secondary N) is 1. The van der Waals surface area contributed by atoms with Crippen molar-refractivity contribution >= 4 is 19.5 Å². The molecule has 2 aromatic rings. The first-order chi connectivity index (χ1) is 18.2. The highest BCUT2D eigenvalue weighted by Gasteiger charge is 2.58. The average molecular weight is 576 g/mol. The van der Waals surface area contributed by atoms with Crippen LogP contribution in [0.15, 0.2) is 41.3 Å². The maximum Gasteiger partial charge on any atom is 0.459 e. The molecular weight excluding hydrogens is 543 g/mol. The fraction of sp³-hybridized carbons (Fsp3) is 0.522. The van der Waals surface area contributed by atoms with Gasteiger partial charge in [-0.05, 0) is 39.8 Å². The number of para-hydroxylation sites is 1. The van der Waals surface area contributed by atoms with E-state index in [1.54, 1.807) is 32.0 Å². The number of hydrogen-bond acceptors (Lipinski definition) is 11. The van der Waals surface area contributed by atoms with Crippen LogP contribution in [0.3, 0.4) is 0 Å². The number of nitrogens with zero attached hydrogens (tertiary/aromatic N) is 2. The lowest BCUT2D eigenvalue weighted by molar-refractivity contribution is -0.149. The number of anilines is 1. The van der Waals surface area contributed by atoms with Gasteiger partial charge in [-0.25, -0.2) is 18.1 Å². The van der Waals surface area contributed by atoms with E-state index in [0.717, 1.165) is 0 Å². The molecule has 216 valence electrons. The topological polar surface area (TPSA) is 190 Å². The van der Waals surface area contributed by atoms with Crippen molar-refractivity contribution in [2.45, 2.75) is 69.9 Å². The van der Waals surface area contributed by atoms with Crippen LogP contribution in [0.5, 0.6) is 5.75 Å². The van der Waals surface area contributed by atoms with Crippen molar-refractivity contribution in [2.75, 3.05) is 12.4 Å². The Balaban J connectivity index is 1.91. The molecule has 1 unspecified atom stereocenters. The second-order valence-corrected chi connectivity index (χ2v) is 11.0. The van der Waals surface area contributed by atoms with Gasteiger partial charge in [0.2, 0.25) is 0 Å². The standard InChI is InChI=1S/C23H32F2N5O8P/c1-12(2)35-20(32)13(3)29-39(34,38-15-8-6-5-7-9-15)37-14(4)17-18(31)23(27,11-24)21(36-17)30-10-16(25)19(26)28-22(30)33/h5-10,12-14,17-18,21,31H,11,27H2,1-4H3,(H,29,34)(H2,26,28,33)/t13-,14-,17+,18?,21+,23+,39+/m0/s1. The molecule has 0 amide bonds. The van der Waals surface area contributed by atoms with Crippen molar-refractivity contribution in [2.24, 2.45) is 5.73 Å². The van der Waals surface area contributed by atoms with Crippen molar-refractivity contribution in [3.8, 4) is 5.75 Å². The second-order valence-electron chi connectivity index (χ2n) is 9.36. The molecule has 0 radical (unpaired) electrons. The summed E-state index contributed by atoms with van der Waals surface area (Å²) in [6.07, 6.45) is -6.27. The number of benzene rings is 1. The Hall–Kier alpha value is -2.94. The molecule has 6 N–H and O–H groups in total. The van der Waals surface area contributed by atoms with Crippen LogP contribution in [-0.2, 0) is 23.4 Å². The predicted molar refractivity (Wildman–Crippen MR) is 135 cm³/mol. The zero-order chi connectivity index (χ0) is 29.1. The number of ether oxygens (including phenoxy) is 2. The Morgan fingerprint density at radius 2 is 1.95 bits per heavy atom. The summed E-state index contributed by atoms with van der Waals surface area (Å²) >= 11 is 0. The number of halogens is 2. The van der Waals surface area contributed by atoms with E-state index < -0.39 is 79.9 Å². The monoisotopic (exact) mass is 575 g/mol. The molecule has 1 aromatic heterocycles. The number of carbonyl (C=O) groups excluding carboxylic acids is 1. The van der Waals surface area contributed by atoms with Gasteiger partial charge in [0.05, 0.1) is 18.4 Å². The second kappa shape index (κ2) is 12.1. The number of esters is 1. The SMILES string of the molecule is CC(C)OC(=O)[C@H](C)N[P@](=O)(Oc1ccccc1)O[C@@H](C)[C@H]1O[C@@H](n2cc(F)c(N)nc2=O)[C@@](N)(CF)C1O. The highest BCUT2D eigenvalue weighted by molar-refractivity contribution is 7.52. The molecular formula is C23H32F2N5O8P. The van der Waals surface area contributed by atoms with Crippen LogP contribution in [0, 0.1) is 5.82 Å². The van der Waals surface area contributed by atoms with Crippen LogP contribution in [0.1, 0.15) is 33.9 Å². The number of aliphatic hydroxyl groups is 1. The number of aromatic nitrogens is 2. The molecule has 1 fully saturated rings. The first-order valence-corrected chi connectivity index (χ1v) is 13.5. The average Bonchev–Trinajstić information content (AvgIpc) is 3.12. The molecule has 2 heterocycles. The van der Waals surface area contributed by atoms with Crippen LogP contribution >= 0.6 is 7.75 Å². The van der Waals surface area contributed by atoms with E-state index in [9.17, 15) is 28.0 Å². The Morgan fingerprint density at radius 3 is 2.54 bits per heavy atom. The van der Waals surface area contributed by atoms with Crippen LogP contribution in [0.2, 0.25) is 0 Å². The molecule has 0 saturated carbocycles. The minimum absolute atomic E-state index is 0.114. The smallest absolute Gasteiger partial charge is 0.459 e. The molecule has 1 aliphatic rings. The molecule has 3 rings (SSSR count). The lowest BCUT2D eigenvalue weighted by atomic mass is 9.91. The summed E-state index contributed by atoms with van der Waals surface area (Å²) in [4.78, 5) is 28.1. The van der Waals surface area contributed by atoms with Crippen LogP contribution in [-0.4, -0.2) is 63.3 Å². The van der Waals surface area contributed by atoms with Gasteiger partial charge >= 0.3 is 19.4 Å². The summed E-state index contributed by atoms with van der Waals surface area (Å²) in [7, 11) is -4.43. The van der Waals surface area contributed by atoms with E-state index in [0.29, 0.717) is 10.8 Å². The van der Waals surface area contributed by atoms with E-state index in [2.05, 4.69) is 10.1 Å². The summed E-state index contributed by atoms with van der Waals surface area (Å²) in [5.74, 6) is -2.43. The highest BCUT2D eigenvalue weighted by Crippen LogP contribution is 2.48. The van der Waals surface area contributed by atoms with Crippen molar-refractivity contribution in [1.29, 1.82) is 0 Å². The van der Waals surface area contributed by atoms with E-state index >= 15 is 0 Å². The summed E-state index contributed by atoms with van der Waals surface area (Å²) in [5, 5.41) is 13.4. The lowest BCUT2D eigenvalue weighted by Crippen LogP contribution is -2.58. The third kappa shape index (κ3) is 6.80. The summed E-state index contributed by atoms with van der Waals surface area (Å²) in [5.41, 5.74) is 8.03. The Morgan fingerprint density at radius 1 is 1.31 bits per heavy atom. The minimum Gasteiger partial charge on any atom is -0.462 e. The number of rotatable bonds is 11. The Labute approximate surface area is 223 Å². The summed E-state index contributed by atoms with van der Waals surface area (Å²) in [6, 6.07) is 6.71. The molecule has 0 spiro atoms. The van der Waals surface area contributed by atoms with Crippen LogP contribution < -0.4 is 26.8 Å². The number of aliphatic hydroxyl groups excluding tert-OH is 1. The largest absolute Gasteiger partial charge is 0.462 e. The Kier molecular flexibility index (Phi) is 9.47.